The standard InChI is InChI=1S/C23H23N3O4S/c1-16(22(30)26(15-27)13-17-7-4-3-5-8-17)23-25(2)14-20(31-23)21(29)24-12-18-9-6-10-19(28)11-18/h3-11,14-15,28H,12-13H2,1-2H3,(H,24,29)/b23-16+. The first-order valence-electron chi connectivity index (χ1n) is 9.58. The molecule has 0 unspecified atom stereocenters. The first-order chi connectivity index (χ1) is 14.9. The van der Waals surface area contributed by atoms with Crippen LogP contribution < -0.4 is 5.32 Å². The number of benzene rings is 2. The summed E-state index contributed by atoms with van der Waals surface area (Å²) in [5.74, 6) is -0.564. The van der Waals surface area contributed by atoms with Crippen LogP contribution in [0.25, 0.3) is 0 Å². The Balaban J connectivity index is 1.66. The average Bonchev–Trinajstić information content (AvgIpc) is 3.17. The zero-order chi connectivity index (χ0) is 22.4. The minimum Gasteiger partial charge on any atom is -0.508 e. The van der Waals surface area contributed by atoms with Gasteiger partial charge in [-0.05, 0) is 30.2 Å². The third kappa shape index (κ3) is 5.55. The van der Waals surface area contributed by atoms with Crippen LogP contribution in [0, 0.1) is 0 Å². The van der Waals surface area contributed by atoms with Gasteiger partial charge in [-0.15, -0.1) is 0 Å². The third-order valence-electron chi connectivity index (χ3n) is 4.65. The first kappa shape index (κ1) is 22.2. The van der Waals surface area contributed by atoms with Crippen molar-refractivity contribution in [1.29, 1.82) is 0 Å². The Hall–Kier alpha value is -3.52. The Labute approximate surface area is 185 Å². The van der Waals surface area contributed by atoms with Gasteiger partial charge < -0.3 is 15.3 Å². The minimum absolute atomic E-state index is 0.135. The molecule has 0 fully saturated rings. The molecule has 0 aliphatic carbocycles. The summed E-state index contributed by atoms with van der Waals surface area (Å²) >= 11 is 1.18. The normalized spacial score (nSPS) is 14.6. The lowest BCUT2D eigenvalue weighted by Gasteiger charge is -2.19. The molecule has 3 rings (SSSR count). The Kier molecular flexibility index (Phi) is 7.15. The molecule has 1 aliphatic heterocycles. The van der Waals surface area contributed by atoms with E-state index < -0.39 is 5.91 Å². The zero-order valence-electron chi connectivity index (χ0n) is 17.2. The lowest BCUT2D eigenvalue weighted by atomic mass is 10.2. The van der Waals surface area contributed by atoms with Crippen LogP contribution >= 0.6 is 11.8 Å². The Morgan fingerprint density at radius 3 is 2.52 bits per heavy atom. The lowest BCUT2D eigenvalue weighted by Crippen LogP contribution is -2.30. The Bertz CT molecular complexity index is 1050. The van der Waals surface area contributed by atoms with Crippen molar-refractivity contribution in [3.05, 3.63) is 87.4 Å². The maximum atomic E-state index is 12.9. The molecule has 0 saturated heterocycles. The highest BCUT2D eigenvalue weighted by Crippen LogP contribution is 2.37. The van der Waals surface area contributed by atoms with Gasteiger partial charge in [-0.25, -0.2) is 0 Å². The van der Waals surface area contributed by atoms with Crippen molar-refractivity contribution in [2.24, 2.45) is 0 Å². The third-order valence-corrected chi connectivity index (χ3v) is 5.95. The number of rotatable bonds is 7. The number of carbonyl (C=O) groups excluding carboxylic acids is 3. The summed E-state index contributed by atoms with van der Waals surface area (Å²) in [5.41, 5.74) is 2.00. The Morgan fingerprint density at radius 2 is 1.84 bits per heavy atom. The molecule has 0 radical (unpaired) electrons. The van der Waals surface area contributed by atoms with Gasteiger partial charge in [0.05, 0.1) is 16.5 Å². The first-order valence-corrected chi connectivity index (χ1v) is 10.4. The number of phenols is 1. The number of amides is 3. The maximum Gasteiger partial charge on any atom is 0.259 e. The Morgan fingerprint density at radius 1 is 1.13 bits per heavy atom. The molecule has 0 atom stereocenters. The van der Waals surface area contributed by atoms with Gasteiger partial charge in [0.25, 0.3) is 11.8 Å². The van der Waals surface area contributed by atoms with E-state index >= 15 is 0 Å². The van der Waals surface area contributed by atoms with E-state index in [2.05, 4.69) is 5.32 Å². The number of thioether (sulfide) groups is 1. The van der Waals surface area contributed by atoms with Crippen LogP contribution in [0.1, 0.15) is 18.1 Å². The van der Waals surface area contributed by atoms with E-state index in [-0.39, 0.29) is 24.7 Å². The van der Waals surface area contributed by atoms with Crippen LogP contribution in [0.15, 0.2) is 76.3 Å². The second-order valence-corrected chi connectivity index (χ2v) is 8.04. The monoisotopic (exact) mass is 437 g/mol. The van der Waals surface area contributed by atoms with E-state index in [1.165, 1.54) is 11.8 Å². The number of nitrogens with one attached hydrogen (secondary N) is 1. The molecule has 160 valence electrons. The minimum atomic E-state index is -0.414. The van der Waals surface area contributed by atoms with Gasteiger partial charge >= 0.3 is 0 Å². The molecule has 8 heteroatoms. The highest BCUT2D eigenvalue weighted by molar-refractivity contribution is 8.07. The maximum absolute atomic E-state index is 12.9. The van der Waals surface area contributed by atoms with Crippen molar-refractivity contribution >= 4 is 30.0 Å². The van der Waals surface area contributed by atoms with Crippen LogP contribution in [-0.2, 0) is 27.5 Å². The smallest absolute Gasteiger partial charge is 0.259 e. The molecule has 1 aliphatic rings. The molecule has 2 N–H and O–H groups in total. The van der Waals surface area contributed by atoms with Crippen molar-refractivity contribution in [1.82, 2.24) is 15.1 Å². The van der Waals surface area contributed by atoms with Gasteiger partial charge in [-0.2, -0.15) is 0 Å². The van der Waals surface area contributed by atoms with Crippen LogP contribution in [-0.4, -0.2) is 40.2 Å². The molecular formula is C23H23N3O4S. The topological polar surface area (TPSA) is 90.0 Å². The van der Waals surface area contributed by atoms with E-state index in [4.69, 9.17) is 0 Å². The van der Waals surface area contributed by atoms with Crippen molar-refractivity contribution < 1.29 is 19.5 Å². The predicted octanol–water partition coefficient (Wildman–Crippen LogP) is 2.95. The predicted molar refractivity (Wildman–Crippen MR) is 119 cm³/mol. The molecule has 1 heterocycles. The molecule has 3 amide bonds. The van der Waals surface area contributed by atoms with Gasteiger partial charge in [0.15, 0.2) is 0 Å². The van der Waals surface area contributed by atoms with Crippen LogP contribution in [0.5, 0.6) is 5.75 Å². The highest BCUT2D eigenvalue weighted by atomic mass is 32.2. The number of hydrogen-bond acceptors (Lipinski definition) is 6. The van der Waals surface area contributed by atoms with E-state index in [0.29, 0.717) is 21.9 Å². The molecule has 0 aromatic heterocycles. The molecule has 31 heavy (non-hydrogen) atoms. The largest absolute Gasteiger partial charge is 0.508 e. The number of hydrogen-bond donors (Lipinski definition) is 2. The lowest BCUT2D eigenvalue weighted by molar-refractivity contribution is -0.135. The average molecular weight is 438 g/mol. The second-order valence-electron chi connectivity index (χ2n) is 7.01. The summed E-state index contributed by atoms with van der Waals surface area (Å²) in [7, 11) is 1.75. The van der Waals surface area contributed by atoms with Gasteiger partial charge in [-0.3, -0.25) is 19.3 Å². The summed E-state index contributed by atoms with van der Waals surface area (Å²) in [6.45, 7) is 2.08. The van der Waals surface area contributed by atoms with E-state index in [1.54, 1.807) is 49.3 Å². The summed E-state index contributed by atoms with van der Waals surface area (Å²) < 4.78 is 0. The van der Waals surface area contributed by atoms with E-state index in [9.17, 15) is 19.5 Å². The second kappa shape index (κ2) is 9.99. The number of nitrogens with zero attached hydrogens (tertiary/aromatic N) is 2. The molecule has 7 nitrogen and oxygen atoms in total. The van der Waals surface area contributed by atoms with Gasteiger partial charge in [0, 0.05) is 25.4 Å². The summed E-state index contributed by atoms with van der Waals surface area (Å²) in [6, 6.07) is 15.9. The van der Waals surface area contributed by atoms with Gasteiger partial charge in [-0.1, -0.05) is 54.2 Å². The van der Waals surface area contributed by atoms with Crippen molar-refractivity contribution in [3.63, 3.8) is 0 Å². The van der Waals surface area contributed by atoms with Gasteiger partial charge in [0.1, 0.15) is 5.75 Å². The molecule has 0 spiro atoms. The molecule has 2 aromatic carbocycles. The van der Waals surface area contributed by atoms with Crippen molar-refractivity contribution in [2.75, 3.05) is 7.05 Å². The fourth-order valence-electron chi connectivity index (χ4n) is 3.06. The van der Waals surface area contributed by atoms with Crippen molar-refractivity contribution in [2.45, 2.75) is 20.0 Å². The summed E-state index contributed by atoms with van der Waals surface area (Å²) in [5, 5.41) is 12.9. The van der Waals surface area contributed by atoms with E-state index in [1.807, 2.05) is 30.3 Å². The van der Waals surface area contributed by atoms with Crippen molar-refractivity contribution in [3.8, 4) is 5.75 Å². The SMILES string of the molecule is C/C(C(=O)N(C=O)Cc1ccccc1)=C1\SC(C(=O)NCc2cccc(O)c2)=CN1C. The van der Waals surface area contributed by atoms with E-state index in [0.717, 1.165) is 16.0 Å². The summed E-state index contributed by atoms with van der Waals surface area (Å²) in [6.07, 6.45) is 2.17. The molecular weight excluding hydrogens is 414 g/mol. The van der Waals surface area contributed by atoms with Gasteiger partial charge in [0.2, 0.25) is 6.41 Å². The number of aromatic hydroxyl groups is 1. The number of carbonyl (C=O) groups is 3. The fraction of sp³-hybridized carbons (Fsp3) is 0.174. The van der Waals surface area contributed by atoms with Crippen LogP contribution in [0.3, 0.4) is 0 Å². The summed E-state index contributed by atoms with van der Waals surface area (Å²) in [4.78, 5) is 40.2. The zero-order valence-corrected chi connectivity index (χ0v) is 18.1. The fourth-order valence-corrected chi connectivity index (χ4v) is 4.08. The van der Waals surface area contributed by atoms with Crippen LogP contribution in [0.4, 0.5) is 0 Å². The molecule has 0 saturated carbocycles. The number of imide groups is 1. The molecule has 2 aromatic rings. The van der Waals surface area contributed by atoms with Crippen LogP contribution in [0.2, 0.25) is 0 Å². The number of phenolic OH excluding ortho intramolecular Hbond substituents is 1. The quantitative estimate of drug-likeness (QED) is 0.511. The highest BCUT2D eigenvalue weighted by Gasteiger charge is 2.27. The molecule has 0 bridgehead atoms.